The highest BCUT2D eigenvalue weighted by Gasteiger charge is 2.22. The predicted octanol–water partition coefficient (Wildman–Crippen LogP) is 0.629. The van der Waals surface area contributed by atoms with Gasteiger partial charge in [0.15, 0.2) is 0 Å². The van der Waals surface area contributed by atoms with E-state index in [-0.39, 0.29) is 37.2 Å². The molecule has 2 rings (SSSR count). The first-order valence-electron chi connectivity index (χ1n) is 9.45. The molecule has 17 heteroatoms. The number of nitrogens with one attached hydrogen (secondary N) is 2. The molecule has 0 fully saturated rings. The third-order valence-corrected chi connectivity index (χ3v) is 5.73. The number of halogens is 2. The summed E-state index contributed by atoms with van der Waals surface area (Å²) in [7, 11) is -4.37. The Balaban J connectivity index is 0.00000398. The second-order valence-corrected chi connectivity index (χ2v) is 8.54. The first-order valence-corrected chi connectivity index (χ1v) is 10.9. The van der Waals surface area contributed by atoms with Crippen LogP contribution < -0.4 is 27.1 Å². The Bertz CT molecular complexity index is 1270. The molecule has 0 aliphatic rings. The molecular formula is C18H25ClFN7O7S. The van der Waals surface area contributed by atoms with Gasteiger partial charge in [0.25, 0.3) is 22.7 Å². The Kier molecular flexibility index (Phi) is 10.9. The number of carbonyl (C=O) groups is 1. The summed E-state index contributed by atoms with van der Waals surface area (Å²) in [6, 6.07) is 5.54. The van der Waals surface area contributed by atoms with Crippen molar-refractivity contribution in [3.05, 3.63) is 61.5 Å². The number of carbonyl (C=O) groups excluding carboxylic acids is 1. The van der Waals surface area contributed by atoms with Gasteiger partial charge >= 0.3 is 0 Å². The monoisotopic (exact) mass is 539 g/mol. The Labute approximate surface area is 206 Å². The van der Waals surface area contributed by atoms with Gasteiger partial charge in [-0.2, -0.15) is 0 Å². The van der Waals surface area contributed by atoms with Crippen LogP contribution in [0.5, 0.6) is 0 Å². The molecule has 0 bridgehead atoms. The average molecular weight is 540 g/mol. The molecule has 1 heterocycles. The minimum atomic E-state index is -4.37. The maximum absolute atomic E-state index is 12.8. The number of hydrogen-bond acceptors (Lipinski definition) is 8. The van der Waals surface area contributed by atoms with Crippen molar-refractivity contribution in [1.29, 1.82) is 1.45 Å². The fraction of sp³-hybridized carbons (Fsp3) is 0.278. The Morgan fingerprint density at radius 2 is 2.00 bits per heavy atom. The van der Waals surface area contributed by atoms with Crippen molar-refractivity contribution in [2.75, 3.05) is 17.9 Å². The molecule has 0 saturated heterocycles. The zero-order valence-electron chi connectivity index (χ0n) is 18.5. The lowest BCUT2D eigenvalue weighted by Gasteiger charge is -2.13. The molecule has 0 aliphatic carbocycles. The number of hydrogen-bond donors (Lipinski definition) is 4. The smallest absolute Gasteiger partial charge is 0.289 e. The van der Waals surface area contributed by atoms with E-state index < -0.39 is 43.5 Å². The van der Waals surface area contributed by atoms with Gasteiger partial charge in [0.1, 0.15) is 23.9 Å². The average Bonchev–Trinajstić information content (AvgIpc) is 2.79. The van der Waals surface area contributed by atoms with E-state index in [0.717, 1.165) is 22.8 Å². The van der Waals surface area contributed by atoms with Gasteiger partial charge in [-0.3, -0.25) is 29.1 Å². The lowest BCUT2D eigenvalue weighted by atomic mass is 10.3. The minimum absolute atomic E-state index is 0. The number of oxime groups is 1. The first kappa shape index (κ1) is 29.1. The van der Waals surface area contributed by atoms with Crippen molar-refractivity contribution in [3.63, 3.8) is 0 Å². The number of pyridine rings is 1. The molecule has 0 radical (unpaired) electrons. The van der Waals surface area contributed by atoms with Crippen molar-refractivity contribution < 1.29 is 27.7 Å². The quantitative estimate of drug-likeness (QED) is 0.109. The van der Waals surface area contributed by atoms with Crippen LogP contribution in [0.1, 0.15) is 13.1 Å². The van der Waals surface area contributed by atoms with Crippen LogP contribution in [0.25, 0.3) is 0 Å². The largest absolute Gasteiger partial charge is 0.391 e. The maximum atomic E-state index is 12.8. The molecule has 0 unspecified atom stereocenters. The summed E-state index contributed by atoms with van der Waals surface area (Å²) >= 11 is 5.71. The molecule has 1 aromatic heterocycles. The summed E-state index contributed by atoms with van der Waals surface area (Å²) < 4.78 is 41.5. The van der Waals surface area contributed by atoms with E-state index in [0.29, 0.717) is 5.69 Å². The summed E-state index contributed by atoms with van der Waals surface area (Å²) in [6.45, 7) is 1.17. The minimum Gasteiger partial charge on any atom is -0.391 e. The zero-order chi connectivity index (χ0) is 26.8. The van der Waals surface area contributed by atoms with E-state index in [9.17, 15) is 28.1 Å². The van der Waals surface area contributed by atoms with Crippen molar-refractivity contribution in [2.45, 2.75) is 25.8 Å². The third-order valence-electron chi connectivity index (χ3n) is 4.05. The molecule has 1 amide bonds. The normalized spacial score (nSPS) is 10.4. The van der Waals surface area contributed by atoms with E-state index in [1.807, 2.05) is 0 Å². The van der Waals surface area contributed by atoms with Crippen molar-refractivity contribution in [3.8, 4) is 0 Å². The van der Waals surface area contributed by atoms with Gasteiger partial charge in [0.2, 0.25) is 11.9 Å². The summed E-state index contributed by atoms with van der Waals surface area (Å²) in [6.07, 6.45) is 0. The molecule has 14 nitrogen and oxygen atoms in total. The Hall–Kier alpha value is -3.92. The fourth-order valence-electron chi connectivity index (χ4n) is 2.50. The van der Waals surface area contributed by atoms with E-state index in [2.05, 4.69) is 16.6 Å². The molecule has 2 aromatic rings. The highest BCUT2D eigenvalue weighted by molar-refractivity contribution is 7.92. The number of nitro groups is 1. The fourth-order valence-corrected chi connectivity index (χ4v) is 3.77. The lowest BCUT2D eigenvalue weighted by Crippen LogP contribution is -2.36. The van der Waals surface area contributed by atoms with Gasteiger partial charge in [0, 0.05) is 11.8 Å². The van der Waals surface area contributed by atoms with E-state index in [1.165, 1.54) is 12.1 Å². The number of aryl methyl sites for hydroxylation is 1. The molecule has 0 aliphatic heterocycles. The number of benzene rings is 1. The van der Waals surface area contributed by atoms with Gasteiger partial charge in [-0.25, -0.2) is 8.42 Å². The van der Waals surface area contributed by atoms with Crippen LogP contribution in [0.4, 0.5) is 16.1 Å². The third kappa shape index (κ3) is 8.42. The van der Waals surface area contributed by atoms with Crippen LogP contribution >= 0.6 is 11.6 Å². The SMILES string of the molecule is C.Cc1ccc(NS(=O)(=O)c2ccc(Cl)c([N+](=O)[O-])c2)c(=O)n1CC(=O)NCCON=C(N)N.[3H]F. The molecule has 0 spiro atoms. The molecule has 1 aromatic carbocycles. The topological polar surface area (TPSA) is 214 Å². The van der Waals surface area contributed by atoms with E-state index in [4.69, 9.17) is 32.6 Å². The van der Waals surface area contributed by atoms with E-state index >= 15 is 0 Å². The molecule has 0 atom stereocenters. The number of guanidine groups is 1. The summed E-state index contributed by atoms with van der Waals surface area (Å²) in [5, 5.41) is 16.6. The molecule has 35 heavy (non-hydrogen) atoms. The first-order chi connectivity index (χ1) is 16.4. The van der Waals surface area contributed by atoms with Crippen LogP contribution in [0.3, 0.4) is 0 Å². The van der Waals surface area contributed by atoms with Gasteiger partial charge in [-0.15, -0.1) is 0 Å². The number of nitrogens with two attached hydrogens (primary N) is 2. The number of amides is 1. The molecule has 0 saturated carbocycles. The van der Waals surface area contributed by atoms with Crippen molar-refractivity contribution >= 4 is 44.9 Å². The van der Waals surface area contributed by atoms with Crippen molar-refractivity contribution in [2.24, 2.45) is 16.6 Å². The molecule has 194 valence electrons. The van der Waals surface area contributed by atoms with Crippen molar-refractivity contribution in [1.82, 2.24) is 9.88 Å². The zero-order valence-corrected chi connectivity index (χ0v) is 19.1. The maximum Gasteiger partial charge on any atom is 0.289 e. The van der Waals surface area contributed by atoms with Gasteiger partial charge in [0.05, 0.1) is 16.4 Å². The van der Waals surface area contributed by atoms with Gasteiger partial charge in [-0.1, -0.05) is 19.0 Å². The summed E-state index contributed by atoms with van der Waals surface area (Å²) in [5.41, 5.74) is 8.79. The van der Waals surface area contributed by atoms with Gasteiger partial charge < -0.3 is 26.2 Å². The number of nitro benzene ring substituents is 1. The van der Waals surface area contributed by atoms with Crippen LogP contribution in [-0.4, -0.2) is 44.4 Å². The summed E-state index contributed by atoms with van der Waals surface area (Å²) in [5.74, 6) is -0.835. The number of nitrogens with zero attached hydrogens (tertiary/aromatic N) is 3. The summed E-state index contributed by atoms with van der Waals surface area (Å²) in [4.78, 5) is 39.4. The van der Waals surface area contributed by atoms with Crippen LogP contribution in [0, 0.1) is 17.0 Å². The standard InChI is InChI=1S/C17H20ClN7O7S.CH4.FH/c1-10-2-5-13(16(27)24(10)9-15(26)21-6-7-32-22-17(19)20)23-33(30,31)11-3-4-12(18)14(8-11)25(28)29;;/h2-5,8,23H,6-7,9H2,1H3,(H,21,26)(H4,19,20,22);1H4;1H/i/hT. The predicted molar refractivity (Wildman–Crippen MR) is 128 cm³/mol. The highest BCUT2D eigenvalue weighted by Crippen LogP contribution is 2.27. The number of aromatic nitrogens is 1. The number of anilines is 1. The van der Waals surface area contributed by atoms with Crippen LogP contribution in [0.15, 0.2) is 45.2 Å². The molecule has 6 N–H and O–H groups in total. The Morgan fingerprint density at radius 1 is 1.34 bits per heavy atom. The highest BCUT2D eigenvalue weighted by atomic mass is 35.5. The second kappa shape index (κ2) is 13.1. The number of sulfonamides is 1. The molecular weight excluding hydrogens is 513 g/mol. The van der Waals surface area contributed by atoms with E-state index in [1.54, 1.807) is 6.92 Å². The lowest BCUT2D eigenvalue weighted by molar-refractivity contribution is -0.384. The van der Waals surface area contributed by atoms with Gasteiger partial charge in [-0.05, 0) is 36.3 Å². The number of rotatable bonds is 10. The second-order valence-electron chi connectivity index (χ2n) is 6.45. The van der Waals surface area contributed by atoms with Crippen LogP contribution in [0.2, 0.25) is 5.02 Å². The van der Waals surface area contributed by atoms with Crippen LogP contribution in [-0.2, 0) is 26.2 Å². The Morgan fingerprint density at radius 3 is 2.60 bits per heavy atom.